The molecule has 0 aliphatic rings. The van der Waals surface area contributed by atoms with Crippen LogP contribution in [0.25, 0.3) is 16.5 Å². The van der Waals surface area contributed by atoms with Gasteiger partial charge in [0.2, 0.25) is 5.91 Å². The van der Waals surface area contributed by atoms with E-state index in [4.69, 9.17) is 0 Å². The summed E-state index contributed by atoms with van der Waals surface area (Å²) in [5, 5.41) is 9.07. The molecule has 1 amide bonds. The second-order valence-electron chi connectivity index (χ2n) is 8.90. The van der Waals surface area contributed by atoms with Crippen LogP contribution in [-0.4, -0.2) is 26.3 Å². The highest BCUT2D eigenvalue weighted by Crippen LogP contribution is 2.23. The van der Waals surface area contributed by atoms with Crippen molar-refractivity contribution in [1.82, 2.24) is 19.7 Å². The Hall–Kier alpha value is -3.67. The predicted octanol–water partition coefficient (Wildman–Crippen LogP) is 4.72. The molecule has 1 atom stereocenters. The van der Waals surface area contributed by atoms with Crippen LogP contribution in [0.15, 0.2) is 71.7 Å². The summed E-state index contributed by atoms with van der Waals surface area (Å²) in [5.74, 6) is 0.0701. The molecule has 0 radical (unpaired) electrons. The van der Waals surface area contributed by atoms with E-state index in [9.17, 15) is 9.59 Å². The molecule has 0 bridgehead atoms. The maximum atomic E-state index is 13.2. The standard InChI is InChI=1S/C28H32N4O2/c1-20(16-17-23-11-6-4-7-12-23)30-26(33)15-10-18-31-21(2)25-19-29-32(24-13-8-5-9-14-24)28(34)27(25)22(31)3/h4-9,11-14,19-20H,10,15-18H2,1-3H3,(H,30,33)/t20-/m1/s1. The van der Waals surface area contributed by atoms with E-state index in [1.807, 2.05) is 62.4 Å². The summed E-state index contributed by atoms with van der Waals surface area (Å²) in [4.78, 5) is 25.7. The lowest BCUT2D eigenvalue weighted by molar-refractivity contribution is -0.121. The third-order valence-corrected chi connectivity index (χ3v) is 6.44. The molecule has 176 valence electrons. The Balaban J connectivity index is 1.38. The second kappa shape index (κ2) is 10.5. The molecule has 0 saturated heterocycles. The normalized spacial score (nSPS) is 12.1. The number of rotatable bonds is 9. The van der Waals surface area contributed by atoms with E-state index in [-0.39, 0.29) is 17.5 Å². The zero-order valence-corrected chi connectivity index (χ0v) is 20.1. The zero-order valence-electron chi connectivity index (χ0n) is 20.1. The molecule has 1 N–H and O–H groups in total. The molecule has 0 fully saturated rings. The summed E-state index contributed by atoms with van der Waals surface area (Å²) in [6, 6.07) is 19.9. The van der Waals surface area contributed by atoms with Crippen molar-refractivity contribution >= 4 is 16.7 Å². The Kier molecular flexibility index (Phi) is 7.26. The minimum absolute atomic E-state index is 0.0701. The topological polar surface area (TPSA) is 68.9 Å². The van der Waals surface area contributed by atoms with E-state index in [1.165, 1.54) is 10.2 Å². The molecular formula is C28H32N4O2. The van der Waals surface area contributed by atoms with Crippen molar-refractivity contribution in [3.05, 3.63) is 94.2 Å². The van der Waals surface area contributed by atoms with Gasteiger partial charge in [-0.15, -0.1) is 0 Å². The van der Waals surface area contributed by atoms with Crippen LogP contribution in [0.4, 0.5) is 0 Å². The third-order valence-electron chi connectivity index (χ3n) is 6.44. The van der Waals surface area contributed by atoms with Crippen LogP contribution in [-0.2, 0) is 17.8 Å². The Morgan fingerprint density at radius 2 is 1.68 bits per heavy atom. The first-order chi connectivity index (χ1) is 16.5. The summed E-state index contributed by atoms with van der Waals surface area (Å²) in [6.45, 7) is 6.72. The van der Waals surface area contributed by atoms with Gasteiger partial charge in [0.1, 0.15) is 0 Å². The van der Waals surface area contributed by atoms with Gasteiger partial charge < -0.3 is 9.88 Å². The molecule has 34 heavy (non-hydrogen) atoms. The maximum Gasteiger partial charge on any atom is 0.281 e. The fourth-order valence-corrected chi connectivity index (χ4v) is 4.54. The lowest BCUT2D eigenvalue weighted by Crippen LogP contribution is -2.32. The molecule has 4 aromatic rings. The predicted molar refractivity (Wildman–Crippen MR) is 136 cm³/mol. The summed E-state index contributed by atoms with van der Waals surface area (Å²) in [6.07, 6.45) is 4.79. The summed E-state index contributed by atoms with van der Waals surface area (Å²) in [7, 11) is 0. The average Bonchev–Trinajstić information content (AvgIpc) is 3.09. The van der Waals surface area contributed by atoms with Crippen LogP contribution < -0.4 is 10.9 Å². The summed E-state index contributed by atoms with van der Waals surface area (Å²) < 4.78 is 3.58. The average molecular weight is 457 g/mol. The van der Waals surface area contributed by atoms with Gasteiger partial charge in [0.25, 0.3) is 5.56 Å². The first-order valence-electron chi connectivity index (χ1n) is 11.9. The van der Waals surface area contributed by atoms with Crippen molar-refractivity contribution in [3.8, 4) is 5.69 Å². The molecule has 2 aromatic carbocycles. The Labute approximate surface area is 200 Å². The number of benzene rings is 2. The van der Waals surface area contributed by atoms with Crippen molar-refractivity contribution in [2.75, 3.05) is 0 Å². The van der Waals surface area contributed by atoms with Gasteiger partial charge in [0, 0.05) is 35.8 Å². The molecule has 2 aromatic heterocycles. The molecule has 0 unspecified atom stereocenters. The maximum absolute atomic E-state index is 13.2. The van der Waals surface area contributed by atoms with Gasteiger partial charge in [-0.1, -0.05) is 48.5 Å². The minimum atomic E-state index is -0.118. The Bertz CT molecular complexity index is 1320. The molecule has 0 spiro atoms. The van der Waals surface area contributed by atoms with Crippen LogP contribution in [0.5, 0.6) is 0 Å². The number of nitrogens with zero attached hydrogens (tertiary/aromatic N) is 3. The fourth-order valence-electron chi connectivity index (χ4n) is 4.54. The Morgan fingerprint density at radius 1 is 1.00 bits per heavy atom. The van der Waals surface area contributed by atoms with E-state index in [0.717, 1.165) is 35.3 Å². The van der Waals surface area contributed by atoms with Gasteiger partial charge in [-0.25, -0.2) is 0 Å². The number of aromatic nitrogens is 3. The number of hydrogen-bond acceptors (Lipinski definition) is 3. The quantitative estimate of drug-likeness (QED) is 0.396. The van der Waals surface area contributed by atoms with Gasteiger partial charge in [-0.3, -0.25) is 9.59 Å². The smallest absolute Gasteiger partial charge is 0.281 e. The lowest BCUT2D eigenvalue weighted by Gasteiger charge is -2.14. The first-order valence-corrected chi connectivity index (χ1v) is 11.9. The molecule has 6 heteroatoms. The van der Waals surface area contributed by atoms with Gasteiger partial charge in [-0.05, 0) is 57.7 Å². The van der Waals surface area contributed by atoms with Crippen molar-refractivity contribution in [3.63, 3.8) is 0 Å². The molecule has 0 saturated carbocycles. The van der Waals surface area contributed by atoms with Gasteiger partial charge >= 0.3 is 0 Å². The van der Waals surface area contributed by atoms with Crippen LogP contribution >= 0.6 is 0 Å². The number of carbonyl (C=O) groups is 1. The number of para-hydroxylation sites is 1. The second-order valence-corrected chi connectivity index (χ2v) is 8.90. The number of hydrogen-bond donors (Lipinski definition) is 1. The van der Waals surface area contributed by atoms with E-state index in [1.54, 1.807) is 6.20 Å². The van der Waals surface area contributed by atoms with Crippen molar-refractivity contribution in [2.24, 2.45) is 0 Å². The van der Waals surface area contributed by atoms with Gasteiger partial charge in [0.05, 0.1) is 17.3 Å². The van der Waals surface area contributed by atoms with E-state index in [2.05, 4.69) is 34.0 Å². The number of amides is 1. The van der Waals surface area contributed by atoms with E-state index in [0.29, 0.717) is 24.8 Å². The van der Waals surface area contributed by atoms with Crippen LogP contribution in [0.1, 0.15) is 43.1 Å². The molecule has 6 nitrogen and oxygen atoms in total. The molecule has 2 heterocycles. The number of nitrogens with one attached hydrogen (secondary N) is 1. The van der Waals surface area contributed by atoms with Gasteiger partial charge in [-0.2, -0.15) is 9.78 Å². The van der Waals surface area contributed by atoms with Crippen molar-refractivity contribution < 1.29 is 4.79 Å². The largest absolute Gasteiger partial charge is 0.354 e. The van der Waals surface area contributed by atoms with Crippen molar-refractivity contribution in [1.29, 1.82) is 0 Å². The highest BCUT2D eigenvalue weighted by atomic mass is 16.1. The summed E-state index contributed by atoms with van der Waals surface area (Å²) in [5.41, 5.74) is 3.84. The lowest BCUT2D eigenvalue weighted by atomic mass is 10.1. The third kappa shape index (κ3) is 5.11. The molecule has 0 aliphatic carbocycles. The number of fused-ring (bicyclic) bond motifs is 1. The van der Waals surface area contributed by atoms with Gasteiger partial charge in [0.15, 0.2) is 0 Å². The molecule has 4 rings (SSSR count). The SMILES string of the molecule is Cc1c2cnn(-c3ccccc3)c(=O)c2c(C)n1CCCC(=O)N[C@H](C)CCc1ccccc1. The number of aryl methyl sites for hydroxylation is 3. The van der Waals surface area contributed by atoms with Crippen LogP contribution in [0.3, 0.4) is 0 Å². The molecular weight excluding hydrogens is 424 g/mol. The monoisotopic (exact) mass is 456 g/mol. The van der Waals surface area contributed by atoms with Crippen LogP contribution in [0, 0.1) is 13.8 Å². The zero-order chi connectivity index (χ0) is 24.1. The Morgan fingerprint density at radius 3 is 2.38 bits per heavy atom. The molecule has 0 aliphatic heterocycles. The van der Waals surface area contributed by atoms with Crippen molar-refractivity contribution in [2.45, 2.75) is 59.0 Å². The fraction of sp³-hybridized carbons (Fsp3) is 0.321. The van der Waals surface area contributed by atoms with E-state index >= 15 is 0 Å². The van der Waals surface area contributed by atoms with Crippen LogP contribution in [0.2, 0.25) is 0 Å². The highest BCUT2D eigenvalue weighted by Gasteiger charge is 2.17. The first kappa shape index (κ1) is 23.5. The summed E-state index contributed by atoms with van der Waals surface area (Å²) >= 11 is 0. The number of carbonyl (C=O) groups excluding carboxylic acids is 1. The highest BCUT2D eigenvalue weighted by molar-refractivity contribution is 5.87. The minimum Gasteiger partial charge on any atom is -0.354 e. The van der Waals surface area contributed by atoms with E-state index < -0.39 is 0 Å².